The lowest BCUT2D eigenvalue weighted by Gasteiger charge is -2.23. The Morgan fingerprint density at radius 3 is 2.41 bits per heavy atom. The highest BCUT2D eigenvalue weighted by molar-refractivity contribution is 5.74. The van der Waals surface area contributed by atoms with Gasteiger partial charge in [0.25, 0.3) is 0 Å². The summed E-state index contributed by atoms with van der Waals surface area (Å²) in [6.45, 7) is 0.815. The molecule has 0 unspecified atom stereocenters. The maximum absolute atomic E-state index is 11.1. The van der Waals surface area contributed by atoms with Crippen LogP contribution < -0.4 is 10.4 Å². The van der Waals surface area contributed by atoms with Crippen molar-refractivity contribution in [1.29, 1.82) is 0 Å². The van der Waals surface area contributed by atoms with Crippen LogP contribution in [0.5, 0.6) is 0 Å². The number of nitrogens with zero attached hydrogens (tertiary/aromatic N) is 3. The van der Waals surface area contributed by atoms with Crippen molar-refractivity contribution in [3.05, 3.63) is 73.2 Å². The van der Waals surface area contributed by atoms with Crippen LogP contribution in [0.25, 0.3) is 11.1 Å². The Hall–Kier alpha value is -3.25. The number of nitrogens with one attached hydrogen (secondary N) is 1. The van der Waals surface area contributed by atoms with E-state index >= 15 is 0 Å². The second-order valence-corrected chi connectivity index (χ2v) is 6.83. The molecule has 0 aliphatic heterocycles. The van der Waals surface area contributed by atoms with Gasteiger partial charge in [-0.25, -0.2) is 10.5 Å². The Kier molecular flexibility index (Phi) is 7.72. The van der Waals surface area contributed by atoms with Crippen molar-refractivity contribution in [2.45, 2.75) is 32.1 Å². The van der Waals surface area contributed by atoms with Gasteiger partial charge in [-0.1, -0.05) is 43.2 Å². The lowest BCUT2D eigenvalue weighted by Crippen LogP contribution is -2.20. The standard InChI is InChI=1S/C23H26N4O2/c28-23(26-29)12-6-1-2-7-16-27(21-11-8-15-24-18-21)22-14-13-20(17-25-22)19-9-4-3-5-10-19/h3-5,8-11,13-15,17-18,29H,1-2,6-7,12,16H2,(H,26,28). The van der Waals surface area contributed by atoms with E-state index in [2.05, 4.69) is 28.1 Å². The number of rotatable bonds is 10. The first kappa shape index (κ1) is 20.5. The number of pyridine rings is 2. The predicted molar refractivity (Wildman–Crippen MR) is 114 cm³/mol. The van der Waals surface area contributed by atoms with Crippen molar-refractivity contribution < 1.29 is 10.0 Å². The normalized spacial score (nSPS) is 10.5. The van der Waals surface area contributed by atoms with Crippen LogP contribution in [0.1, 0.15) is 32.1 Å². The van der Waals surface area contributed by atoms with Crippen molar-refractivity contribution >= 4 is 17.4 Å². The van der Waals surface area contributed by atoms with E-state index in [0.717, 1.165) is 54.9 Å². The van der Waals surface area contributed by atoms with E-state index in [-0.39, 0.29) is 5.91 Å². The third-order valence-corrected chi connectivity index (χ3v) is 4.75. The quantitative estimate of drug-likeness (QED) is 0.297. The van der Waals surface area contributed by atoms with E-state index in [0.29, 0.717) is 6.42 Å². The van der Waals surface area contributed by atoms with E-state index in [1.807, 2.05) is 48.8 Å². The van der Waals surface area contributed by atoms with Crippen molar-refractivity contribution in [2.75, 3.05) is 11.4 Å². The Morgan fingerprint density at radius 1 is 0.897 bits per heavy atom. The molecule has 0 saturated heterocycles. The summed E-state index contributed by atoms with van der Waals surface area (Å²) in [5.74, 6) is 0.557. The molecule has 0 bridgehead atoms. The molecule has 0 fully saturated rings. The number of anilines is 2. The lowest BCUT2D eigenvalue weighted by atomic mass is 10.1. The first-order valence-corrected chi connectivity index (χ1v) is 9.90. The van der Waals surface area contributed by atoms with Gasteiger partial charge in [0.1, 0.15) is 5.82 Å². The van der Waals surface area contributed by atoms with Crippen LogP contribution in [0.4, 0.5) is 11.5 Å². The molecule has 2 N–H and O–H groups in total. The Morgan fingerprint density at radius 2 is 1.72 bits per heavy atom. The molecule has 3 aromatic rings. The summed E-state index contributed by atoms with van der Waals surface area (Å²) in [5, 5.41) is 8.54. The molecular formula is C23H26N4O2. The summed E-state index contributed by atoms with van der Waals surface area (Å²) in [7, 11) is 0. The second kappa shape index (κ2) is 10.9. The number of hydrogen-bond donors (Lipinski definition) is 2. The van der Waals surface area contributed by atoms with Gasteiger partial charge in [-0.15, -0.1) is 0 Å². The minimum atomic E-state index is -0.329. The number of hydrogen-bond acceptors (Lipinski definition) is 5. The smallest absolute Gasteiger partial charge is 0.243 e. The molecule has 0 spiro atoms. The molecule has 1 amide bonds. The summed E-state index contributed by atoms with van der Waals surface area (Å²) >= 11 is 0. The second-order valence-electron chi connectivity index (χ2n) is 6.83. The van der Waals surface area contributed by atoms with E-state index in [1.54, 1.807) is 11.7 Å². The van der Waals surface area contributed by atoms with E-state index in [9.17, 15) is 4.79 Å². The molecule has 6 heteroatoms. The fourth-order valence-electron chi connectivity index (χ4n) is 3.20. The molecule has 2 aromatic heterocycles. The fraction of sp³-hybridized carbons (Fsp3) is 0.261. The van der Waals surface area contributed by atoms with Crippen molar-refractivity contribution in [1.82, 2.24) is 15.4 Å². The van der Waals surface area contributed by atoms with Crippen LogP contribution in [0.3, 0.4) is 0 Å². The van der Waals surface area contributed by atoms with Crippen LogP contribution in [0.2, 0.25) is 0 Å². The zero-order valence-electron chi connectivity index (χ0n) is 16.4. The average molecular weight is 390 g/mol. The third-order valence-electron chi connectivity index (χ3n) is 4.75. The average Bonchev–Trinajstić information content (AvgIpc) is 2.80. The fourth-order valence-corrected chi connectivity index (χ4v) is 3.20. The number of hydroxylamine groups is 1. The number of aromatic nitrogens is 2. The highest BCUT2D eigenvalue weighted by atomic mass is 16.5. The predicted octanol–water partition coefficient (Wildman–Crippen LogP) is 4.74. The molecule has 0 saturated carbocycles. The first-order chi connectivity index (χ1) is 14.3. The number of carbonyl (C=O) groups excluding carboxylic acids is 1. The largest absolute Gasteiger partial charge is 0.325 e. The van der Waals surface area contributed by atoms with Crippen LogP contribution in [0, 0.1) is 0 Å². The van der Waals surface area contributed by atoms with Crippen LogP contribution in [-0.4, -0.2) is 27.6 Å². The SMILES string of the molecule is O=C(CCCCCCN(c1cccnc1)c1ccc(-c2ccccc2)cn1)NO. The van der Waals surface area contributed by atoms with Gasteiger partial charge in [-0.05, 0) is 42.7 Å². The molecule has 0 aliphatic rings. The summed E-state index contributed by atoms with van der Waals surface area (Å²) in [5.41, 5.74) is 4.91. The Labute approximate surface area is 171 Å². The molecule has 0 atom stereocenters. The molecule has 2 heterocycles. The minimum Gasteiger partial charge on any atom is -0.325 e. The molecule has 1 aromatic carbocycles. The van der Waals surface area contributed by atoms with Crippen molar-refractivity contribution in [3.63, 3.8) is 0 Å². The zero-order valence-corrected chi connectivity index (χ0v) is 16.4. The van der Waals surface area contributed by atoms with Gasteiger partial charge in [0.05, 0.1) is 11.9 Å². The van der Waals surface area contributed by atoms with Gasteiger partial charge in [0.15, 0.2) is 0 Å². The van der Waals surface area contributed by atoms with E-state index in [1.165, 1.54) is 0 Å². The minimum absolute atomic E-state index is 0.329. The number of carbonyl (C=O) groups is 1. The Balaban J connectivity index is 1.64. The molecular weight excluding hydrogens is 364 g/mol. The van der Waals surface area contributed by atoms with Gasteiger partial charge in [-0.2, -0.15) is 0 Å². The number of benzene rings is 1. The first-order valence-electron chi connectivity index (χ1n) is 9.90. The molecule has 3 rings (SSSR count). The third kappa shape index (κ3) is 6.12. The van der Waals surface area contributed by atoms with Crippen molar-refractivity contribution in [3.8, 4) is 11.1 Å². The van der Waals surface area contributed by atoms with Gasteiger partial charge in [-0.3, -0.25) is 15.0 Å². The molecule has 0 aliphatic carbocycles. The highest BCUT2D eigenvalue weighted by Crippen LogP contribution is 2.26. The van der Waals surface area contributed by atoms with Gasteiger partial charge < -0.3 is 4.90 Å². The van der Waals surface area contributed by atoms with E-state index < -0.39 is 0 Å². The summed E-state index contributed by atoms with van der Waals surface area (Å²) in [6.07, 6.45) is 9.54. The summed E-state index contributed by atoms with van der Waals surface area (Å²) in [6, 6.07) is 18.3. The lowest BCUT2D eigenvalue weighted by molar-refractivity contribution is -0.129. The van der Waals surface area contributed by atoms with Gasteiger partial charge in [0.2, 0.25) is 5.91 Å². The molecule has 6 nitrogen and oxygen atoms in total. The molecule has 0 radical (unpaired) electrons. The highest BCUT2D eigenvalue weighted by Gasteiger charge is 2.11. The van der Waals surface area contributed by atoms with Gasteiger partial charge >= 0.3 is 0 Å². The van der Waals surface area contributed by atoms with Gasteiger partial charge in [0, 0.05) is 30.9 Å². The van der Waals surface area contributed by atoms with Crippen LogP contribution >= 0.6 is 0 Å². The van der Waals surface area contributed by atoms with Crippen LogP contribution in [-0.2, 0) is 4.79 Å². The summed E-state index contributed by atoms with van der Waals surface area (Å²) in [4.78, 5) is 22.2. The summed E-state index contributed by atoms with van der Waals surface area (Å²) < 4.78 is 0. The van der Waals surface area contributed by atoms with E-state index in [4.69, 9.17) is 10.2 Å². The van der Waals surface area contributed by atoms with Crippen molar-refractivity contribution in [2.24, 2.45) is 0 Å². The molecule has 29 heavy (non-hydrogen) atoms. The monoisotopic (exact) mass is 390 g/mol. The maximum atomic E-state index is 11.1. The topological polar surface area (TPSA) is 78.4 Å². The van der Waals surface area contributed by atoms with Crippen LogP contribution in [0.15, 0.2) is 73.2 Å². The molecule has 150 valence electrons. The number of unbranched alkanes of at least 4 members (excludes halogenated alkanes) is 3. The number of amides is 1. The maximum Gasteiger partial charge on any atom is 0.243 e. The Bertz CT molecular complexity index is 870. The zero-order chi connectivity index (χ0) is 20.3.